The van der Waals surface area contributed by atoms with Crippen molar-refractivity contribution in [3.05, 3.63) is 94.2 Å². The summed E-state index contributed by atoms with van der Waals surface area (Å²) in [5, 5.41) is 7.70. The Hall–Kier alpha value is -3.45. The predicted octanol–water partition coefficient (Wildman–Crippen LogP) is 4.31. The molecule has 1 atom stereocenters. The summed E-state index contributed by atoms with van der Waals surface area (Å²) in [5.41, 5.74) is 1.65. The molecule has 3 aromatic rings. The lowest BCUT2D eigenvalue weighted by molar-refractivity contribution is -0.141. The second-order valence-corrected chi connectivity index (χ2v) is 9.42. The molecule has 0 spiro atoms. The highest BCUT2D eigenvalue weighted by Crippen LogP contribution is 2.26. The molecule has 0 bridgehead atoms. The van der Waals surface area contributed by atoms with Gasteiger partial charge in [0.25, 0.3) is 5.91 Å². The molecule has 0 unspecified atom stereocenters. The van der Waals surface area contributed by atoms with Crippen molar-refractivity contribution in [3.63, 3.8) is 0 Å². The maximum absolute atomic E-state index is 13.6. The van der Waals surface area contributed by atoms with Gasteiger partial charge in [-0.05, 0) is 35.4 Å². The van der Waals surface area contributed by atoms with Crippen molar-refractivity contribution in [2.45, 2.75) is 44.3 Å². The molecule has 34 heavy (non-hydrogen) atoms. The van der Waals surface area contributed by atoms with Crippen LogP contribution in [0, 0.1) is 0 Å². The lowest BCUT2D eigenvalue weighted by Gasteiger charge is -2.32. The van der Waals surface area contributed by atoms with Crippen LogP contribution in [0.4, 0.5) is 0 Å². The standard InChI is InChI=1S/C27H29N3O3S/c31-24(18-28-26(32)23-16-9-17-34-23)30(19-20-10-3-1-4-11-20)25(21-12-5-2-6-13-21)27(33)29-22-14-7-8-15-22/h1-6,9-13,16-17,22,25H,7-8,14-15,18-19H2,(H,28,32)(H,29,33)/t25-/m1/s1. The van der Waals surface area contributed by atoms with Crippen LogP contribution >= 0.6 is 11.3 Å². The molecule has 1 aromatic heterocycles. The number of nitrogens with one attached hydrogen (secondary N) is 2. The Labute approximate surface area is 204 Å². The molecule has 1 heterocycles. The summed E-state index contributed by atoms with van der Waals surface area (Å²) >= 11 is 1.32. The first-order chi connectivity index (χ1) is 16.6. The van der Waals surface area contributed by atoms with E-state index in [1.54, 1.807) is 17.0 Å². The monoisotopic (exact) mass is 475 g/mol. The van der Waals surface area contributed by atoms with E-state index in [1.165, 1.54) is 11.3 Å². The van der Waals surface area contributed by atoms with Crippen molar-refractivity contribution in [1.82, 2.24) is 15.5 Å². The smallest absolute Gasteiger partial charge is 0.261 e. The van der Waals surface area contributed by atoms with E-state index < -0.39 is 6.04 Å². The topological polar surface area (TPSA) is 78.5 Å². The van der Waals surface area contributed by atoms with Crippen LogP contribution in [-0.4, -0.2) is 35.2 Å². The van der Waals surface area contributed by atoms with Gasteiger partial charge in [-0.3, -0.25) is 14.4 Å². The summed E-state index contributed by atoms with van der Waals surface area (Å²) in [7, 11) is 0. The largest absolute Gasteiger partial charge is 0.351 e. The van der Waals surface area contributed by atoms with Crippen molar-refractivity contribution >= 4 is 29.1 Å². The zero-order valence-corrected chi connectivity index (χ0v) is 19.8. The Morgan fingerprint density at radius 1 is 0.912 bits per heavy atom. The average Bonchev–Trinajstić information content (AvgIpc) is 3.58. The van der Waals surface area contributed by atoms with Crippen LogP contribution in [0.3, 0.4) is 0 Å². The third-order valence-corrected chi connectivity index (χ3v) is 6.91. The quantitative estimate of drug-likeness (QED) is 0.484. The molecule has 3 amide bonds. The number of rotatable bonds is 9. The lowest BCUT2D eigenvalue weighted by Crippen LogP contribution is -2.48. The van der Waals surface area contributed by atoms with Gasteiger partial charge in [-0.1, -0.05) is 79.6 Å². The highest BCUT2D eigenvalue weighted by Gasteiger charge is 2.33. The Morgan fingerprint density at radius 3 is 2.24 bits per heavy atom. The fraction of sp³-hybridized carbons (Fsp3) is 0.296. The number of hydrogen-bond acceptors (Lipinski definition) is 4. The molecule has 0 radical (unpaired) electrons. The number of benzene rings is 2. The normalized spacial score (nSPS) is 14.4. The van der Waals surface area contributed by atoms with Crippen molar-refractivity contribution in [3.8, 4) is 0 Å². The third-order valence-electron chi connectivity index (χ3n) is 6.04. The average molecular weight is 476 g/mol. The van der Waals surface area contributed by atoms with Crippen LogP contribution in [0.1, 0.15) is 52.5 Å². The van der Waals surface area contributed by atoms with Gasteiger partial charge in [0.05, 0.1) is 11.4 Å². The molecule has 7 heteroatoms. The van der Waals surface area contributed by atoms with E-state index >= 15 is 0 Å². The maximum atomic E-state index is 13.6. The second kappa shape index (κ2) is 11.6. The maximum Gasteiger partial charge on any atom is 0.261 e. The molecule has 1 aliphatic rings. The molecule has 6 nitrogen and oxygen atoms in total. The number of thiophene rings is 1. The molecule has 1 fully saturated rings. The highest BCUT2D eigenvalue weighted by atomic mass is 32.1. The lowest BCUT2D eigenvalue weighted by atomic mass is 10.0. The van der Waals surface area contributed by atoms with Gasteiger partial charge in [0, 0.05) is 12.6 Å². The van der Waals surface area contributed by atoms with Crippen LogP contribution in [-0.2, 0) is 16.1 Å². The minimum Gasteiger partial charge on any atom is -0.351 e. The first kappa shape index (κ1) is 23.7. The summed E-state index contributed by atoms with van der Waals surface area (Å²) in [6.45, 7) is 0.0653. The van der Waals surface area contributed by atoms with Gasteiger partial charge in [0.2, 0.25) is 11.8 Å². The first-order valence-corrected chi connectivity index (χ1v) is 12.5. The van der Waals surface area contributed by atoms with Gasteiger partial charge in [-0.2, -0.15) is 0 Å². The van der Waals surface area contributed by atoms with Gasteiger partial charge >= 0.3 is 0 Å². The Balaban J connectivity index is 1.60. The van der Waals surface area contributed by atoms with E-state index in [-0.39, 0.29) is 36.9 Å². The molecule has 4 rings (SSSR count). The van der Waals surface area contributed by atoms with Crippen LogP contribution in [0.15, 0.2) is 78.2 Å². The number of nitrogens with zero attached hydrogens (tertiary/aromatic N) is 1. The molecule has 1 aliphatic carbocycles. The Bertz CT molecular complexity index is 1080. The molecular formula is C27H29N3O3S. The summed E-state index contributed by atoms with van der Waals surface area (Å²) in [4.78, 5) is 41.6. The molecule has 0 saturated heterocycles. The van der Waals surface area contributed by atoms with Crippen molar-refractivity contribution in [2.24, 2.45) is 0 Å². The van der Waals surface area contributed by atoms with E-state index in [0.717, 1.165) is 36.8 Å². The van der Waals surface area contributed by atoms with E-state index in [0.29, 0.717) is 4.88 Å². The van der Waals surface area contributed by atoms with E-state index in [1.807, 2.05) is 66.0 Å². The van der Waals surface area contributed by atoms with E-state index in [9.17, 15) is 14.4 Å². The third kappa shape index (κ3) is 6.11. The predicted molar refractivity (Wildman–Crippen MR) is 133 cm³/mol. The zero-order valence-electron chi connectivity index (χ0n) is 19.0. The molecule has 2 N–H and O–H groups in total. The van der Waals surface area contributed by atoms with Crippen LogP contribution in [0.5, 0.6) is 0 Å². The van der Waals surface area contributed by atoms with Crippen molar-refractivity contribution in [2.75, 3.05) is 6.54 Å². The van der Waals surface area contributed by atoms with Crippen molar-refractivity contribution < 1.29 is 14.4 Å². The summed E-state index contributed by atoms with van der Waals surface area (Å²) in [6, 6.07) is 21.8. The Morgan fingerprint density at radius 2 is 1.59 bits per heavy atom. The molecule has 1 saturated carbocycles. The summed E-state index contributed by atoms with van der Waals surface area (Å²) in [6.07, 6.45) is 4.11. The molecular weight excluding hydrogens is 446 g/mol. The van der Waals surface area contributed by atoms with Crippen molar-refractivity contribution in [1.29, 1.82) is 0 Å². The van der Waals surface area contributed by atoms with Crippen LogP contribution in [0.2, 0.25) is 0 Å². The minimum atomic E-state index is -0.798. The minimum absolute atomic E-state index is 0.130. The molecule has 0 aliphatic heterocycles. The number of hydrogen-bond donors (Lipinski definition) is 2. The Kier molecular flexibility index (Phi) is 8.09. The number of carbonyl (C=O) groups is 3. The van der Waals surface area contributed by atoms with Gasteiger partial charge < -0.3 is 15.5 Å². The van der Waals surface area contributed by atoms with Crippen LogP contribution in [0.25, 0.3) is 0 Å². The molecule has 176 valence electrons. The number of carbonyl (C=O) groups excluding carboxylic acids is 3. The van der Waals surface area contributed by atoms with Crippen LogP contribution < -0.4 is 10.6 Å². The highest BCUT2D eigenvalue weighted by molar-refractivity contribution is 7.12. The summed E-state index contributed by atoms with van der Waals surface area (Å²) in [5.74, 6) is -0.800. The van der Waals surface area contributed by atoms with Gasteiger partial charge in [0.1, 0.15) is 6.04 Å². The first-order valence-electron chi connectivity index (χ1n) is 11.6. The fourth-order valence-electron chi connectivity index (χ4n) is 4.31. The second-order valence-electron chi connectivity index (χ2n) is 8.47. The molecule has 2 aromatic carbocycles. The van der Waals surface area contributed by atoms with Gasteiger partial charge in [0.15, 0.2) is 0 Å². The van der Waals surface area contributed by atoms with E-state index in [4.69, 9.17) is 0 Å². The number of amides is 3. The fourth-order valence-corrected chi connectivity index (χ4v) is 4.95. The summed E-state index contributed by atoms with van der Waals surface area (Å²) < 4.78 is 0. The van der Waals surface area contributed by atoms with Gasteiger partial charge in [-0.25, -0.2) is 0 Å². The SMILES string of the molecule is O=C(NCC(=O)N(Cc1ccccc1)[C@@H](C(=O)NC1CCCC1)c1ccccc1)c1cccs1. The van der Waals surface area contributed by atoms with E-state index in [2.05, 4.69) is 10.6 Å². The zero-order chi connectivity index (χ0) is 23.8. The van der Waals surface area contributed by atoms with Gasteiger partial charge in [-0.15, -0.1) is 11.3 Å².